The van der Waals surface area contributed by atoms with Crippen LogP contribution in [-0.4, -0.2) is 19.0 Å². The van der Waals surface area contributed by atoms with Crippen molar-refractivity contribution in [2.75, 3.05) is 13.2 Å². The predicted octanol–water partition coefficient (Wildman–Crippen LogP) is 3.37. The monoisotopic (exact) mass is 294 g/mol. The van der Waals surface area contributed by atoms with Crippen LogP contribution in [0.3, 0.4) is 0 Å². The number of carbonyl (C=O) groups excluding carboxylic acids is 1. The topological polar surface area (TPSA) is 26.3 Å². The van der Waals surface area contributed by atoms with E-state index in [1.807, 2.05) is 12.1 Å². The first-order valence-electron chi connectivity index (χ1n) is 6.12. The standard InChI is InChI=1S/C14H15BrO2/c15-11-2-1-10-3-4-14(5-7-17-8-6-14)13(16)12(10)9-11/h1-2,9H,3-8H2. The molecule has 0 aromatic heterocycles. The minimum atomic E-state index is -0.133. The number of carbonyl (C=O) groups is 1. The second-order valence-corrected chi connectivity index (χ2v) is 5.94. The molecule has 2 nitrogen and oxygen atoms in total. The lowest BCUT2D eigenvalue weighted by Crippen LogP contribution is -2.40. The number of ketones is 1. The maximum absolute atomic E-state index is 12.7. The van der Waals surface area contributed by atoms with Crippen LogP contribution in [0.25, 0.3) is 0 Å². The van der Waals surface area contributed by atoms with E-state index >= 15 is 0 Å². The van der Waals surface area contributed by atoms with E-state index in [0.29, 0.717) is 5.78 Å². The van der Waals surface area contributed by atoms with E-state index in [0.717, 1.165) is 48.9 Å². The molecule has 90 valence electrons. The Hall–Kier alpha value is -0.670. The highest BCUT2D eigenvalue weighted by Crippen LogP contribution is 2.43. The maximum atomic E-state index is 12.7. The number of aryl methyl sites for hydroxylation is 1. The van der Waals surface area contributed by atoms with Crippen molar-refractivity contribution in [1.82, 2.24) is 0 Å². The van der Waals surface area contributed by atoms with E-state index in [1.54, 1.807) is 0 Å². The highest BCUT2D eigenvalue weighted by atomic mass is 79.9. The van der Waals surface area contributed by atoms with E-state index in [2.05, 4.69) is 22.0 Å². The van der Waals surface area contributed by atoms with E-state index in [-0.39, 0.29) is 5.41 Å². The van der Waals surface area contributed by atoms with Crippen LogP contribution < -0.4 is 0 Å². The summed E-state index contributed by atoms with van der Waals surface area (Å²) in [7, 11) is 0. The summed E-state index contributed by atoms with van der Waals surface area (Å²) >= 11 is 3.45. The molecule has 0 amide bonds. The second-order valence-electron chi connectivity index (χ2n) is 5.02. The fraction of sp³-hybridized carbons (Fsp3) is 0.500. The average molecular weight is 295 g/mol. The molecule has 0 unspecified atom stereocenters. The summed E-state index contributed by atoms with van der Waals surface area (Å²) in [5.74, 6) is 0.336. The number of halogens is 1. The Morgan fingerprint density at radius 3 is 2.71 bits per heavy atom. The van der Waals surface area contributed by atoms with Gasteiger partial charge in [-0.05, 0) is 43.4 Å². The van der Waals surface area contributed by atoms with Crippen molar-refractivity contribution in [2.45, 2.75) is 25.7 Å². The number of benzene rings is 1. The van der Waals surface area contributed by atoms with Crippen molar-refractivity contribution >= 4 is 21.7 Å². The number of rotatable bonds is 0. The summed E-state index contributed by atoms with van der Waals surface area (Å²) in [6, 6.07) is 6.08. The molecule has 0 radical (unpaired) electrons. The molecule has 1 aromatic rings. The minimum Gasteiger partial charge on any atom is -0.381 e. The van der Waals surface area contributed by atoms with Gasteiger partial charge in [0.05, 0.1) is 0 Å². The lowest BCUT2D eigenvalue weighted by Gasteiger charge is -2.39. The van der Waals surface area contributed by atoms with Gasteiger partial charge in [0.1, 0.15) is 0 Å². The molecule has 0 atom stereocenters. The van der Waals surface area contributed by atoms with Crippen molar-refractivity contribution in [1.29, 1.82) is 0 Å². The molecule has 3 heteroatoms. The molecule has 2 aliphatic rings. The van der Waals surface area contributed by atoms with Crippen LogP contribution in [0.1, 0.15) is 35.2 Å². The van der Waals surface area contributed by atoms with Gasteiger partial charge in [-0.15, -0.1) is 0 Å². The molecule has 1 aliphatic heterocycles. The molecule has 1 aliphatic carbocycles. The Balaban J connectivity index is 2.01. The third-order valence-corrected chi connectivity index (χ3v) is 4.61. The molecular weight excluding hydrogens is 280 g/mol. The molecule has 1 saturated heterocycles. The van der Waals surface area contributed by atoms with Crippen molar-refractivity contribution < 1.29 is 9.53 Å². The Morgan fingerprint density at radius 2 is 1.94 bits per heavy atom. The van der Waals surface area contributed by atoms with Crippen LogP contribution in [0, 0.1) is 5.41 Å². The van der Waals surface area contributed by atoms with Gasteiger partial charge < -0.3 is 4.74 Å². The largest absolute Gasteiger partial charge is 0.381 e. The predicted molar refractivity (Wildman–Crippen MR) is 69.3 cm³/mol. The third-order valence-electron chi connectivity index (χ3n) is 4.12. The Morgan fingerprint density at radius 1 is 1.18 bits per heavy atom. The summed E-state index contributed by atoms with van der Waals surface area (Å²) < 4.78 is 6.39. The van der Waals surface area contributed by atoms with Crippen LogP contribution >= 0.6 is 15.9 Å². The lowest BCUT2D eigenvalue weighted by molar-refractivity contribution is 0.0117. The van der Waals surface area contributed by atoms with Crippen molar-refractivity contribution in [2.24, 2.45) is 5.41 Å². The Kier molecular flexibility index (Phi) is 2.83. The number of fused-ring (bicyclic) bond motifs is 1. The van der Waals surface area contributed by atoms with Gasteiger partial charge in [0, 0.05) is 28.7 Å². The molecule has 17 heavy (non-hydrogen) atoms. The number of hydrogen-bond acceptors (Lipinski definition) is 2. The summed E-state index contributed by atoms with van der Waals surface area (Å²) in [5.41, 5.74) is 1.99. The lowest BCUT2D eigenvalue weighted by atomic mass is 9.66. The van der Waals surface area contributed by atoms with Crippen molar-refractivity contribution in [3.63, 3.8) is 0 Å². The fourth-order valence-corrected chi connectivity index (χ4v) is 3.35. The smallest absolute Gasteiger partial charge is 0.169 e. The van der Waals surface area contributed by atoms with E-state index in [9.17, 15) is 4.79 Å². The minimum absolute atomic E-state index is 0.133. The zero-order chi connectivity index (χ0) is 11.9. The van der Waals surface area contributed by atoms with Gasteiger partial charge in [-0.1, -0.05) is 22.0 Å². The van der Waals surface area contributed by atoms with Crippen LogP contribution in [-0.2, 0) is 11.2 Å². The molecule has 1 aromatic carbocycles. The molecule has 0 N–H and O–H groups in total. The highest BCUT2D eigenvalue weighted by molar-refractivity contribution is 9.10. The summed E-state index contributed by atoms with van der Waals surface area (Å²) in [6.07, 6.45) is 3.79. The van der Waals surface area contributed by atoms with Crippen LogP contribution in [0.15, 0.2) is 22.7 Å². The van der Waals surface area contributed by atoms with E-state index < -0.39 is 0 Å². The molecule has 3 rings (SSSR count). The van der Waals surface area contributed by atoms with Crippen LogP contribution in [0.5, 0.6) is 0 Å². The van der Waals surface area contributed by atoms with Gasteiger partial charge in [0.2, 0.25) is 0 Å². The third kappa shape index (κ3) is 1.85. The van der Waals surface area contributed by atoms with Gasteiger partial charge in [-0.25, -0.2) is 0 Å². The zero-order valence-corrected chi connectivity index (χ0v) is 11.3. The van der Waals surface area contributed by atoms with Crippen molar-refractivity contribution in [3.05, 3.63) is 33.8 Å². The number of hydrogen-bond donors (Lipinski definition) is 0. The number of Topliss-reactive ketones (excluding diaryl/α,β-unsaturated/α-hetero) is 1. The summed E-state index contributed by atoms with van der Waals surface area (Å²) in [6.45, 7) is 1.46. The molecule has 0 saturated carbocycles. The molecule has 1 spiro atoms. The Labute approximate surface area is 109 Å². The fourth-order valence-electron chi connectivity index (χ4n) is 2.99. The average Bonchev–Trinajstić information content (AvgIpc) is 2.36. The summed E-state index contributed by atoms with van der Waals surface area (Å²) in [4.78, 5) is 12.7. The van der Waals surface area contributed by atoms with Gasteiger partial charge in [0.25, 0.3) is 0 Å². The molecule has 0 bridgehead atoms. The van der Waals surface area contributed by atoms with Gasteiger partial charge >= 0.3 is 0 Å². The number of ether oxygens (including phenoxy) is 1. The van der Waals surface area contributed by atoms with Gasteiger partial charge in [-0.2, -0.15) is 0 Å². The molecule has 1 fully saturated rings. The zero-order valence-electron chi connectivity index (χ0n) is 9.67. The maximum Gasteiger partial charge on any atom is 0.169 e. The van der Waals surface area contributed by atoms with E-state index in [4.69, 9.17) is 4.74 Å². The quantitative estimate of drug-likeness (QED) is 0.733. The SMILES string of the molecule is O=C1c2cc(Br)ccc2CCC12CCOCC2. The second kappa shape index (κ2) is 4.21. The Bertz CT molecular complexity index is 461. The highest BCUT2D eigenvalue weighted by Gasteiger charge is 2.43. The first kappa shape index (κ1) is 11.4. The van der Waals surface area contributed by atoms with Crippen LogP contribution in [0.4, 0.5) is 0 Å². The molecule has 1 heterocycles. The van der Waals surface area contributed by atoms with Gasteiger partial charge in [0.15, 0.2) is 5.78 Å². The first-order chi connectivity index (χ1) is 8.21. The molecular formula is C14H15BrO2. The first-order valence-corrected chi connectivity index (χ1v) is 6.92. The van der Waals surface area contributed by atoms with E-state index in [1.165, 1.54) is 5.56 Å². The van der Waals surface area contributed by atoms with Crippen molar-refractivity contribution in [3.8, 4) is 0 Å². The summed E-state index contributed by atoms with van der Waals surface area (Å²) in [5, 5.41) is 0. The van der Waals surface area contributed by atoms with Crippen LogP contribution in [0.2, 0.25) is 0 Å². The van der Waals surface area contributed by atoms with Gasteiger partial charge in [-0.3, -0.25) is 4.79 Å². The normalized spacial score (nSPS) is 22.5.